The Hall–Kier alpha value is -3.83. The van der Waals surface area contributed by atoms with Gasteiger partial charge in [0, 0.05) is 0 Å². The SMILES string of the molecule is CC(C)[C@H](NC(=O)[C@H](CCCCN)NC(=O)[C@H](CC(N)=O)NC(=O)[C@H](C)N)C(=O)NCC(=O)N[C@@H](CCCCN)C(=O)O. The molecule has 0 radical (unpaired) electrons. The normalized spacial score (nSPS) is 14.4. The molecule has 0 bridgehead atoms. The molecule has 246 valence electrons. The van der Waals surface area contributed by atoms with E-state index in [-0.39, 0.29) is 12.8 Å². The molecule has 17 heteroatoms. The van der Waals surface area contributed by atoms with Crippen molar-refractivity contribution in [2.45, 2.75) is 95.9 Å². The van der Waals surface area contributed by atoms with Gasteiger partial charge in [0.15, 0.2) is 0 Å². The lowest BCUT2D eigenvalue weighted by molar-refractivity contribution is -0.142. The smallest absolute Gasteiger partial charge is 0.326 e. The van der Waals surface area contributed by atoms with Crippen LogP contribution in [0, 0.1) is 5.92 Å². The Balaban J connectivity index is 5.54. The fraction of sp³-hybridized carbons (Fsp3) is 0.731. The first-order valence-corrected chi connectivity index (χ1v) is 14.3. The van der Waals surface area contributed by atoms with E-state index >= 15 is 0 Å². The van der Waals surface area contributed by atoms with Gasteiger partial charge in [0.05, 0.1) is 19.0 Å². The highest BCUT2D eigenvalue weighted by Crippen LogP contribution is 2.07. The molecule has 0 unspecified atom stereocenters. The van der Waals surface area contributed by atoms with Crippen LogP contribution in [0.25, 0.3) is 0 Å². The van der Waals surface area contributed by atoms with Crippen LogP contribution < -0.4 is 49.5 Å². The highest BCUT2D eigenvalue weighted by Gasteiger charge is 2.32. The Morgan fingerprint density at radius 2 is 1.19 bits per heavy atom. The van der Waals surface area contributed by atoms with Gasteiger partial charge < -0.3 is 54.6 Å². The molecule has 0 aromatic rings. The van der Waals surface area contributed by atoms with Crippen molar-refractivity contribution in [3.63, 3.8) is 0 Å². The van der Waals surface area contributed by atoms with E-state index in [0.29, 0.717) is 38.8 Å². The Labute approximate surface area is 251 Å². The van der Waals surface area contributed by atoms with E-state index in [0.717, 1.165) is 0 Å². The summed E-state index contributed by atoms with van der Waals surface area (Å²) in [5.74, 6) is -6.30. The average molecular weight is 616 g/mol. The van der Waals surface area contributed by atoms with Gasteiger partial charge in [-0.2, -0.15) is 0 Å². The molecule has 0 heterocycles. The molecular weight excluding hydrogens is 566 g/mol. The fourth-order valence-corrected chi connectivity index (χ4v) is 3.81. The second-order valence-electron chi connectivity index (χ2n) is 10.6. The van der Waals surface area contributed by atoms with E-state index in [4.69, 9.17) is 22.9 Å². The van der Waals surface area contributed by atoms with Crippen molar-refractivity contribution in [1.29, 1.82) is 0 Å². The summed E-state index contributed by atoms with van der Waals surface area (Å²) < 4.78 is 0. The molecule has 0 aromatic carbocycles. The molecule has 0 aromatic heterocycles. The van der Waals surface area contributed by atoms with Gasteiger partial charge in [-0.3, -0.25) is 28.8 Å². The molecule has 0 spiro atoms. The largest absolute Gasteiger partial charge is 0.480 e. The Morgan fingerprint density at radius 3 is 1.65 bits per heavy atom. The number of rotatable bonds is 22. The number of amides is 6. The van der Waals surface area contributed by atoms with Crippen LogP contribution in [0.15, 0.2) is 0 Å². The molecular formula is C26H49N9O8. The zero-order valence-electron chi connectivity index (χ0n) is 25.1. The fourth-order valence-electron chi connectivity index (χ4n) is 3.81. The molecule has 0 fully saturated rings. The van der Waals surface area contributed by atoms with Crippen molar-refractivity contribution in [3.05, 3.63) is 0 Å². The summed E-state index contributed by atoms with van der Waals surface area (Å²) in [6, 6.07) is -5.83. The van der Waals surface area contributed by atoms with E-state index in [9.17, 15) is 38.7 Å². The van der Waals surface area contributed by atoms with Gasteiger partial charge in [0.1, 0.15) is 24.2 Å². The number of nitrogens with two attached hydrogens (primary N) is 4. The molecule has 0 saturated heterocycles. The number of primary amides is 1. The van der Waals surface area contributed by atoms with E-state index in [1.165, 1.54) is 6.92 Å². The third-order valence-corrected chi connectivity index (χ3v) is 6.28. The van der Waals surface area contributed by atoms with Crippen molar-refractivity contribution in [1.82, 2.24) is 26.6 Å². The zero-order chi connectivity index (χ0) is 33.1. The van der Waals surface area contributed by atoms with Crippen molar-refractivity contribution in [3.8, 4) is 0 Å². The Morgan fingerprint density at radius 1 is 0.674 bits per heavy atom. The van der Waals surface area contributed by atoms with Crippen LogP contribution in [0.5, 0.6) is 0 Å². The second kappa shape index (κ2) is 21.0. The lowest BCUT2D eigenvalue weighted by Gasteiger charge is -2.27. The summed E-state index contributed by atoms with van der Waals surface area (Å²) in [6.07, 6.45) is 1.78. The maximum Gasteiger partial charge on any atom is 0.326 e. The lowest BCUT2D eigenvalue weighted by atomic mass is 10.0. The maximum atomic E-state index is 13.3. The summed E-state index contributed by atoms with van der Waals surface area (Å²) in [5.41, 5.74) is 21.7. The molecule has 0 aliphatic carbocycles. The maximum absolute atomic E-state index is 13.3. The minimum absolute atomic E-state index is 0.120. The second-order valence-corrected chi connectivity index (χ2v) is 10.6. The molecule has 17 nitrogen and oxygen atoms in total. The molecule has 0 aliphatic heterocycles. The molecule has 14 N–H and O–H groups in total. The van der Waals surface area contributed by atoms with Crippen LogP contribution in [0.1, 0.15) is 65.7 Å². The highest BCUT2D eigenvalue weighted by atomic mass is 16.4. The van der Waals surface area contributed by atoms with Crippen molar-refractivity contribution >= 4 is 41.4 Å². The summed E-state index contributed by atoms with van der Waals surface area (Å²) in [7, 11) is 0. The summed E-state index contributed by atoms with van der Waals surface area (Å²) in [6.45, 7) is 4.85. The molecule has 43 heavy (non-hydrogen) atoms. The molecule has 0 aliphatic rings. The third-order valence-electron chi connectivity index (χ3n) is 6.28. The van der Waals surface area contributed by atoms with Crippen LogP contribution in [-0.2, 0) is 33.6 Å². The monoisotopic (exact) mass is 615 g/mol. The summed E-state index contributed by atoms with van der Waals surface area (Å²) >= 11 is 0. The van der Waals surface area contributed by atoms with Crippen LogP contribution in [0.3, 0.4) is 0 Å². The number of carbonyl (C=O) groups is 7. The minimum Gasteiger partial charge on any atom is -0.480 e. The molecule has 0 rings (SSSR count). The van der Waals surface area contributed by atoms with Crippen molar-refractivity contribution < 1.29 is 38.7 Å². The van der Waals surface area contributed by atoms with Crippen molar-refractivity contribution in [2.24, 2.45) is 28.9 Å². The number of unbranched alkanes of at least 4 members (excludes halogenated alkanes) is 2. The number of carboxylic acids is 1. The van der Waals surface area contributed by atoms with Gasteiger partial charge in [-0.1, -0.05) is 13.8 Å². The van der Waals surface area contributed by atoms with E-state index in [1.807, 2.05) is 0 Å². The quantitative estimate of drug-likeness (QED) is 0.0528. The van der Waals surface area contributed by atoms with E-state index in [2.05, 4.69) is 26.6 Å². The predicted octanol–water partition coefficient (Wildman–Crippen LogP) is -3.74. The van der Waals surface area contributed by atoms with Crippen LogP contribution in [0.2, 0.25) is 0 Å². The first-order chi connectivity index (χ1) is 20.1. The average Bonchev–Trinajstić information content (AvgIpc) is 2.92. The van der Waals surface area contributed by atoms with Gasteiger partial charge in [-0.25, -0.2) is 4.79 Å². The molecule has 6 amide bonds. The highest BCUT2D eigenvalue weighted by molar-refractivity contribution is 5.97. The summed E-state index contributed by atoms with van der Waals surface area (Å²) in [4.78, 5) is 86.5. The number of hydrogen-bond acceptors (Lipinski definition) is 10. The first-order valence-electron chi connectivity index (χ1n) is 14.3. The lowest BCUT2D eigenvalue weighted by Crippen LogP contribution is -2.59. The third kappa shape index (κ3) is 16.4. The first kappa shape index (κ1) is 39.2. The number of aliphatic carboxylic acids is 1. The predicted molar refractivity (Wildman–Crippen MR) is 156 cm³/mol. The van der Waals surface area contributed by atoms with Gasteiger partial charge in [-0.15, -0.1) is 0 Å². The zero-order valence-corrected chi connectivity index (χ0v) is 25.1. The van der Waals surface area contributed by atoms with Gasteiger partial charge in [-0.05, 0) is 64.5 Å². The number of nitrogens with one attached hydrogen (secondary N) is 5. The standard InChI is InChI=1S/C26H49N9O8/c1-14(2)21(25(41)31-13-20(37)32-17(26(42)43)9-5-7-11-28)35-23(39)16(8-4-6-10-27)33-24(40)18(12-19(30)36)34-22(38)15(3)29/h14-18,21H,4-13,27-29H2,1-3H3,(H2,30,36)(H,31,41)(H,32,37)(H,33,40)(H,34,38)(H,35,39)(H,42,43)/t15-,16-,17-,18-,21-/m0/s1. The van der Waals surface area contributed by atoms with Crippen LogP contribution >= 0.6 is 0 Å². The number of carboxylic acid groups (broad SMARTS) is 1. The number of hydrogen-bond donors (Lipinski definition) is 10. The van der Waals surface area contributed by atoms with Gasteiger partial charge in [0.2, 0.25) is 35.4 Å². The molecule has 5 atom stereocenters. The van der Waals surface area contributed by atoms with Crippen molar-refractivity contribution in [2.75, 3.05) is 19.6 Å². The van der Waals surface area contributed by atoms with Gasteiger partial charge >= 0.3 is 5.97 Å². The minimum atomic E-state index is -1.39. The Kier molecular flexibility index (Phi) is 19.1. The van der Waals surface area contributed by atoms with Crippen LogP contribution in [-0.4, -0.2) is 96.4 Å². The Bertz CT molecular complexity index is 961. The van der Waals surface area contributed by atoms with E-state index in [1.54, 1.807) is 13.8 Å². The van der Waals surface area contributed by atoms with E-state index < -0.39 is 90.5 Å². The van der Waals surface area contributed by atoms with Gasteiger partial charge in [0.25, 0.3) is 0 Å². The number of carbonyl (C=O) groups excluding carboxylic acids is 6. The summed E-state index contributed by atoms with van der Waals surface area (Å²) in [5, 5.41) is 21.5. The van der Waals surface area contributed by atoms with Crippen LogP contribution in [0.4, 0.5) is 0 Å². The molecule has 0 saturated carbocycles. The topological polar surface area (TPSA) is 304 Å².